The van der Waals surface area contributed by atoms with Crippen molar-refractivity contribution in [3.05, 3.63) is 52.8 Å². The van der Waals surface area contributed by atoms with Gasteiger partial charge in [0.05, 0.1) is 22.7 Å². The van der Waals surface area contributed by atoms with Gasteiger partial charge in [-0.05, 0) is 12.0 Å². The lowest BCUT2D eigenvalue weighted by atomic mass is 10.2. The first-order chi connectivity index (χ1) is 11.9. The highest BCUT2D eigenvalue weighted by atomic mass is 35.5. The number of sulfone groups is 1. The molecule has 6 nitrogen and oxygen atoms in total. The molecular formula is C16H16ClN3O3S2. The maximum atomic E-state index is 12.4. The fraction of sp³-hybridized carbons (Fsp3) is 0.312. The van der Waals surface area contributed by atoms with Crippen LogP contribution in [0.5, 0.6) is 0 Å². The van der Waals surface area contributed by atoms with Gasteiger partial charge < -0.3 is 5.32 Å². The third-order valence-electron chi connectivity index (χ3n) is 3.72. The summed E-state index contributed by atoms with van der Waals surface area (Å²) in [6.07, 6.45) is 1.80. The smallest absolute Gasteiger partial charge is 0.271 e. The molecule has 1 unspecified atom stereocenters. The number of nitrogens with one attached hydrogen (secondary N) is 1. The van der Waals surface area contributed by atoms with Gasteiger partial charge in [-0.25, -0.2) is 18.4 Å². The van der Waals surface area contributed by atoms with Crippen molar-refractivity contribution in [2.75, 3.05) is 11.5 Å². The average molecular weight is 398 g/mol. The fourth-order valence-electron chi connectivity index (χ4n) is 2.46. The van der Waals surface area contributed by atoms with Crippen LogP contribution in [-0.2, 0) is 15.6 Å². The highest BCUT2D eigenvalue weighted by Gasteiger charge is 2.30. The zero-order chi connectivity index (χ0) is 17.9. The second-order valence-corrected chi connectivity index (χ2v) is 9.28. The SMILES string of the molecule is O=C(NC1CCS(=O)(=O)C1)c1nc(SCc2ccccc2)ncc1Cl. The van der Waals surface area contributed by atoms with Crippen LogP contribution < -0.4 is 5.32 Å². The van der Waals surface area contributed by atoms with E-state index in [0.717, 1.165) is 5.56 Å². The molecule has 2 heterocycles. The van der Waals surface area contributed by atoms with Crippen LogP contribution >= 0.6 is 23.4 Å². The summed E-state index contributed by atoms with van der Waals surface area (Å²) in [5, 5.41) is 3.27. The third kappa shape index (κ3) is 4.93. The summed E-state index contributed by atoms with van der Waals surface area (Å²) >= 11 is 7.44. The van der Waals surface area contributed by atoms with Crippen molar-refractivity contribution >= 4 is 39.1 Å². The summed E-state index contributed by atoms with van der Waals surface area (Å²) in [4.78, 5) is 20.7. The van der Waals surface area contributed by atoms with E-state index in [2.05, 4.69) is 15.3 Å². The van der Waals surface area contributed by atoms with Crippen LogP contribution in [0, 0.1) is 0 Å². The molecule has 1 aromatic heterocycles. The van der Waals surface area contributed by atoms with Crippen molar-refractivity contribution in [3.63, 3.8) is 0 Å². The predicted molar refractivity (Wildman–Crippen MR) is 97.6 cm³/mol. The third-order valence-corrected chi connectivity index (χ3v) is 6.69. The summed E-state index contributed by atoms with van der Waals surface area (Å²) in [6, 6.07) is 9.44. The Labute approximate surface area is 155 Å². The van der Waals surface area contributed by atoms with Gasteiger partial charge in [0.1, 0.15) is 0 Å². The van der Waals surface area contributed by atoms with Gasteiger partial charge in [0.2, 0.25) is 0 Å². The summed E-state index contributed by atoms with van der Waals surface area (Å²) in [5.74, 6) is 0.241. The lowest BCUT2D eigenvalue weighted by Gasteiger charge is -2.11. The van der Waals surface area contributed by atoms with Gasteiger partial charge in [-0.3, -0.25) is 4.79 Å². The number of hydrogen-bond donors (Lipinski definition) is 1. The van der Waals surface area contributed by atoms with Crippen LogP contribution in [0.15, 0.2) is 41.7 Å². The molecule has 1 aromatic carbocycles. The monoisotopic (exact) mass is 397 g/mol. The molecule has 1 saturated heterocycles. The maximum Gasteiger partial charge on any atom is 0.271 e. The second-order valence-electron chi connectivity index (χ2n) is 5.70. The topological polar surface area (TPSA) is 89.0 Å². The van der Waals surface area contributed by atoms with E-state index in [9.17, 15) is 13.2 Å². The largest absolute Gasteiger partial charge is 0.347 e. The van der Waals surface area contributed by atoms with Crippen molar-refractivity contribution in [2.24, 2.45) is 0 Å². The molecule has 0 radical (unpaired) electrons. The molecule has 1 N–H and O–H groups in total. The van der Waals surface area contributed by atoms with Crippen molar-refractivity contribution in [1.29, 1.82) is 0 Å². The Bertz CT molecular complexity index is 875. The standard InChI is InChI=1S/C16H16ClN3O3S2/c17-13-8-18-16(24-9-11-4-2-1-3-5-11)20-14(13)15(21)19-12-6-7-25(22,23)10-12/h1-5,8,12H,6-7,9-10H2,(H,19,21). The summed E-state index contributed by atoms with van der Waals surface area (Å²) < 4.78 is 23.0. The van der Waals surface area contributed by atoms with Crippen molar-refractivity contribution in [3.8, 4) is 0 Å². The summed E-state index contributed by atoms with van der Waals surface area (Å²) in [7, 11) is -3.07. The quantitative estimate of drug-likeness (QED) is 0.615. The zero-order valence-corrected chi connectivity index (χ0v) is 15.6. The number of aromatic nitrogens is 2. The van der Waals surface area contributed by atoms with Gasteiger partial charge in [0.15, 0.2) is 20.7 Å². The fourth-order valence-corrected chi connectivity index (χ4v) is 5.09. The van der Waals surface area contributed by atoms with E-state index < -0.39 is 21.8 Å². The number of amides is 1. The molecule has 2 aromatic rings. The first-order valence-corrected chi connectivity index (χ1v) is 10.8. The Morgan fingerprint density at radius 2 is 2.08 bits per heavy atom. The number of halogens is 1. The van der Waals surface area contributed by atoms with Gasteiger partial charge in [-0.15, -0.1) is 0 Å². The molecule has 0 bridgehead atoms. The Morgan fingerprint density at radius 1 is 1.32 bits per heavy atom. The highest BCUT2D eigenvalue weighted by molar-refractivity contribution is 7.98. The first-order valence-electron chi connectivity index (χ1n) is 7.63. The zero-order valence-electron chi connectivity index (χ0n) is 13.2. The normalized spacial score (nSPS) is 18.8. The molecule has 3 rings (SSSR count). The van der Waals surface area contributed by atoms with Crippen LogP contribution in [-0.4, -0.2) is 41.8 Å². The molecule has 1 aliphatic heterocycles. The summed E-state index contributed by atoms with van der Waals surface area (Å²) in [6.45, 7) is 0. The maximum absolute atomic E-state index is 12.4. The molecule has 1 aliphatic rings. The number of benzene rings is 1. The second kappa shape index (κ2) is 7.72. The van der Waals surface area contributed by atoms with E-state index in [1.54, 1.807) is 0 Å². The number of nitrogens with zero attached hydrogens (tertiary/aromatic N) is 2. The molecule has 0 saturated carbocycles. The Morgan fingerprint density at radius 3 is 2.76 bits per heavy atom. The lowest BCUT2D eigenvalue weighted by Crippen LogP contribution is -2.36. The van der Waals surface area contributed by atoms with E-state index in [-0.39, 0.29) is 22.2 Å². The molecule has 25 heavy (non-hydrogen) atoms. The lowest BCUT2D eigenvalue weighted by molar-refractivity contribution is 0.0935. The van der Waals surface area contributed by atoms with Crippen LogP contribution in [0.1, 0.15) is 22.5 Å². The predicted octanol–water partition coefficient (Wildman–Crippen LogP) is 2.34. The molecular weight excluding hydrogens is 382 g/mol. The molecule has 0 spiro atoms. The number of carbonyl (C=O) groups is 1. The van der Waals surface area contributed by atoms with E-state index >= 15 is 0 Å². The van der Waals surface area contributed by atoms with Gasteiger partial charge in [-0.1, -0.05) is 53.7 Å². The summed E-state index contributed by atoms with van der Waals surface area (Å²) in [5.41, 5.74) is 1.18. The number of thioether (sulfide) groups is 1. The Hall–Kier alpha value is -1.64. The molecule has 132 valence electrons. The van der Waals surface area contributed by atoms with Crippen LogP contribution in [0.4, 0.5) is 0 Å². The number of rotatable bonds is 5. The number of carbonyl (C=O) groups excluding carboxylic acids is 1. The van der Waals surface area contributed by atoms with Gasteiger partial charge in [-0.2, -0.15) is 0 Å². The molecule has 1 amide bonds. The average Bonchev–Trinajstić information content (AvgIpc) is 2.93. The molecule has 9 heteroatoms. The van der Waals surface area contributed by atoms with Gasteiger partial charge >= 0.3 is 0 Å². The van der Waals surface area contributed by atoms with E-state index in [1.807, 2.05) is 30.3 Å². The minimum Gasteiger partial charge on any atom is -0.347 e. The van der Waals surface area contributed by atoms with Crippen molar-refractivity contribution < 1.29 is 13.2 Å². The van der Waals surface area contributed by atoms with Crippen molar-refractivity contribution in [1.82, 2.24) is 15.3 Å². The minimum atomic E-state index is -3.07. The molecule has 0 aliphatic carbocycles. The van der Waals surface area contributed by atoms with Gasteiger partial charge in [0.25, 0.3) is 5.91 Å². The van der Waals surface area contributed by atoms with Crippen LogP contribution in [0.3, 0.4) is 0 Å². The van der Waals surface area contributed by atoms with Gasteiger partial charge in [0, 0.05) is 11.8 Å². The van der Waals surface area contributed by atoms with E-state index in [1.165, 1.54) is 18.0 Å². The van der Waals surface area contributed by atoms with Crippen molar-refractivity contribution in [2.45, 2.75) is 23.4 Å². The molecule has 1 fully saturated rings. The van der Waals surface area contributed by atoms with Crippen LogP contribution in [0.25, 0.3) is 0 Å². The molecule has 1 atom stereocenters. The highest BCUT2D eigenvalue weighted by Crippen LogP contribution is 2.22. The first kappa shape index (κ1) is 18.2. The van der Waals surface area contributed by atoms with Crippen LogP contribution in [0.2, 0.25) is 5.02 Å². The Balaban J connectivity index is 1.67. The minimum absolute atomic E-state index is 0.0446. The van der Waals surface area contributed by atoms with E-state index in [4.69, 9.17) is 11.6 Å². The Kier molecular flexibility index (Phi) is 5.61. The van der Waals surface area contributed by atoms with E-state index in [0.29, 0.717) is 17.3 Å². The number of hydrogen-bond acceptors (Lipinski definition) is 6.